The van der Waals surface area contributed by atoms with Gasteiger partial charge in [0.15, 0.2) is 0 Å². The van der Waals surface area contributed by atoms with Crippen molar-refractivity contribution >= 4 is 51.5 Å². The molecule has 2 unspecified atom stereocenters. The van der Waals surface area contributed by atoms with Crippen LogP contribution in [0.25, 0.3) is 32.7 Å². The molecule has 0 spiro atoms. The summed E-state index contributed by atoms with van der Waals surface area (Å²) in [5.74, 6) is 0.890. The Balaban J connectivity index is 0.00000216. The van der Waals surface area contributed by atoms with Crippen LogP contribution < -0.4 is 33.6 Å². The summed E-state index contributed by atoms with van der Waals surface area (Å²) in [6, 6.07) is 55.1. The first-order valence-corrected chi connectivity index (χ1v) is 33.3. The second-order valence-electron chi connectivity index (χ2n) is 13.4. The SMILES string of the molecule is CC1=[C]([Hf+2]([C]2=C(C)C(c3ccc4ccccc4c3)=CC2C)=[Ge]([c]2ccccc2)[c]2ccccc2)C(C)C=C1c1ccc2ccccc2c1.[Cl-].[Cl-]. The zero-order valence-electron chi connectivity index (χ0n) is 28.9. The Morgan fingerprint density at radius 3 is 1.20 bits per heavy atom. The Morgan fingerprint density at radius 2 is 0.800 bits per heavy atom. The molecule has 6 aromatic carbocycles. The van der Waals surface area contributed by atoms with Crippen molar-refractivity contribution in [2.45, 2.75) is 27.7 Å². The number of halogens is 2. The quantitative estimate of drug-likeness (QED) is 0.212. The number of hydrogen-bond donors (Lipinski definition) is 0. The Labute approximate surface area is 318 Å². The fourth-order valence-electron chi connectivity index (χ4n) is 8.14. The number of hydrogen-bond acceptors (Lipinski definition) is 0. The molecule has 0 N–H and O–H groups in total. The molecule has 0 fully saturated rings. The third-order valence-electron chi connectivity index (χ3n) is 10.4. The molecule has 0 aliphatic heterocycles. The molecule has 8 rings (SSSR count). The van der Waals surface area contributed by atoms with Crippen molar-refractivity contribution in [3.8, 4) is 0 Å². The van der Waals surface area contributed by atoms with Crippen LogP contribution in [0.15, 0.2) is 176 Å². The topological polar surface area (TPSA) is 0 Å². The second-order valence-corrected chi connectivity index (χ2v) is 41.9. The van der Waals surface area contributed by atoms with Crippen molar-refractivity contribution in [1.29, 1.82) is 0 Å². The van der Waals surface area contributed by atoms with E-state index in [2.05, 4.69) is 185 Å². The van der Waals surface area contributed by atoms with E-state index in [4.69, 9.17) is 0 Å². The Kier molecular flexibility index (Phi) is 11.4. The van der Waals surface area contributed by atoms with Gasteiger partial charge >= 0.3 is 296 Å². The largest absolute Gasteiger partial charge is 1.00 e. The van der Waals surface area contributed by atoms with Gasteiger partial charge in [0.05, 0.1) is 0 Å². The molecule has 0 amide bonds. The van der Waals surface area contributed by atoms with E-state index in [1.54, 1.807) is 19.9 Å². The van der Waals surface area contributed by atoms with Gasteiger partial charge in [0.2, 0.25) is 0 Å². The molecule has 0 heterocycles. The van der Waals surface area contributed by atoms with Crippen molar-refractivity contribution in [2.75, 3.05) is 0 Å². The van der Waals surface area contributed by atoms with Gasteiger partial charge in [0.1, 0.15) is 0 Å². The van der Waals surface area contributed by atoms with Crippen LogP contribution in [0, 0.1) is 11.8 Å². The second kappa shape index (κ2) is 15.6. The normalized spacial score (nSPS) is 16.8. The summed E-state index contributed by atoms with van der Waals surface area (Å²) in [6.07, 6.45) is 5.22. The van der Waals surface area contributed by atoms with Crippen molar-refractivity contribution in [3.05, 3.63) is 187 Å². The molecule has 0 bridgehead atoms. The van der Waals surface area contributed by atoms with E-state index in [9.17, 15) is 0 Å². The van der Waals surface area contributed by atoms with Crippen LogP contribution in [0.5, 0.6) is 0 Å². The Bertz CT molecular complexity index is 2220. The first-order valence-electron chi connectivity index (χ1n) is 17.2. The summed E-state index contributed by atoms with van der Waals surface area (Å²) in [7, 11) is -2.02. The molecular formula is C46H40Cl2GeHf. The maximum absolute atomic E-state index is 2.86. The first kappa shape index (κ1) is 36.6. The van der Waals surface area contributed by atoms with Crippen molar-refractivity contribution in [2.24, 2.45) is 11.8 Å². The van der Waals surface area contributed by atoms with Crippen molar-refractivity contribution < 1.29 is 43.2 Å². The maximum atomic E-state index is 2.61. The van der Waals surface area contributed by atoms with Gasteiger partial charge in [-0.1, -0.05) is 0 Å². The van der Waals surface area contributed by atoms with Gasteiger partial charge in [-0.25, -0.2) is 0 Å². The molecule has 0 saturated heterocycles. The van der Waals surface area contributed by atoms with Crippen LogP contribution >= 0.6 is 0 Å². The van der Waals surface area contributed by atoms with Gasteiger partial charge in [0.25, 0.3) is 0 Å². The van der Waals surface area contributed by atoms with E-state index < -0.39 is 28.4 Å². The summed E-state index contributed by atoms with van der Waals surface area (Å²) in [5, 5.41) is 5.25. The summed E-state index contributed by atoms with van der Waals surface area (Å²) < 4.78 is 6.92. The van der Waals surface area contributed by atoms with Gasteiger partial charge in [-0.2, -0.15) is 0 Å². The van der Waals surface area contributed by atoms with Crippen LogP contribution in [0.2, 0.25) is 0 Å². The molecule has 0 aromatic heterocycles. The van der Waals surface area contributed by atoms with Crippen LogP contribution in [0.3, 0.4) is 0 Å². The minimum atomic E-state index is -2.86. The molecule has 4 heteroatoms. The zero-order chi connectivity index (χ0) is 32.8. The average molecular weight is 915 g/mol. The maximum Gasteiger partial charge on any atom is -1.00 e. The third kappa shape index (κ3) is 6.75. The van der Waals surface area contributed by atoms with Gasteiger partial charge in [-0.15, -0.1) is 0 Å². The van der Waals surface area contributed by atoms with Crippen LogP contribution in [-0.4, -0.2) is 10.1 Å². The molecule has 246 valence electrons. The molecule has 50 heavy (non-hydrogen) atoms. The smallest absolute Gasteiger partial charge is 1.00 e. The van der Waals surface area contributed by atoms with E-state index in [0.717, 1.165) is 0 Å². The summed E-state index contributed by atoms with van der Waals surface area (Å²) in [4.78, 5) is 0. The summed E-state index contributed by atoms with van der Waals surface area (Å²) >= 11 is -2.86. The van der Waals surface area contributed by atoms with Crippen LogP contribution in [0.4, 0.5) is 0 Å². The molecule has 0 saturated carbocycles. The fraction of sp³-hybridized carbons (Fsp3) is 0.130. The molecule has 2 aliphatic rings. The minimum absolute atomic E-state index is 0. The number of rotatable bonds is 6. The van der Waals surface area contributed by atoms with E-state index in [1.807, 2.05) is 6.66 Å². The van der Waals surface area contributed by atoms with Crippen molar-refractivity contribution in [1.82, 2.24) is 0 Å². The van der Waals surface area contributed by atoms with Gasteiger partial charge < -0.3 is 24.8 Å². The first-order chi connectivity index (χ1) is 23.5. The molecular weight excluding hydrogens is 875 g/mol. The minimum Gasteiger partial charge on any atom is -1.00 e. The average Bonchev–Trinajstić information content (AvgIpc) is 3.60. The third-order valence-corrected chi connectivity index (χ3v) is 54.5. The predicted octanol–water partition coefficient (Wildman–Crippen LogP) is 4.74. The van der Waals surface area contributed by atoms with E-state index in [-0.39, 0.29) is 24.8 Å². The Morgan fingerprint density at radius 1 is 0.440 bits per heavy atom. The number of allylic oxidation sites excluding steroid dienone is 8. The van der Waals surface area contributed by atoms with Crippen LogP contribution in [-0.2, 0) is 18.3 Å². The number of benzene rings is 6. The van der Waals surface area contributed by atoms with E-state index in [1.165, 1.54) is 43.8 Å². The summed E-state index contributed by atoms with van der Waals surface area (Å²) in [5.41, 5.74) is 8.75. The van der Waals surface area contributed by atoms with Gasteiger partial charge in [-0.3, -0.25) is 0 Å². The van der Waals surface area contributed by atoms with Gasteiger partial charge in [-0.05, 0) is 0 Å². The standard InChI is InChI=1S/2C17H15.C12H10Ge.2ClH.Hf/c2*1-12-9-13(2)17(10-12)16-8-7-14-5-3-4-6-15(14)11-16;1-3-7-11(8-4-1)13-12-9-5-2-6-10-12;;;/h2*3-8,10-12H,1-2H3;1-10H;2*1H;/q;;;;;+2/p-2. The summed E-state index contributed by atoms with van der Waals surface area (Å²) in [6.45, 7) is 9.92. The molecule has 0 radical (unpaired) electrons. The zero-order valence-corrected chi connectivity index (χ0v) is 36.1. The van der Waals surface area contributed by atoms with Crippen LogP contribution in [0.1, 0.15) is 38.8 Å². The fourth-order valence-corrected chi connectivity index (χ4v) is 63.3. The van der Waals surface area contributed by atoms with Gasteiger partial charge in [0, 0.05) is 0 Å². The molecule has 6 aromatic rings. The van der Waals surface area contributed by atoms with Crippen molar-refractivity contribution in [3.63, 3.8) is 0 Å². The monoisotopic (exact) mass is 916 g/mol. The molecule has 0 nitrogen and oxygen atoms in total. The van der Waals surface area contributed by atoms with E-state index >= 15 is 0 Å². The predicted molar refractivity (Wildman–Crippen MR) is 205 cm³/mol. The Hall–Kier alpha value is -3.21. The van der Waals surface area contributed by atoms with E-state index in [0.29, 0.717) is 11.8 Å². The molecule has 2 aliphatic carbocycles. The molecule has 2 atom stereocenters. The number of fused-ring (bicyclic) bond motifs is 2.